The number of hydrogen-bond acceptors (Lipinski definition) is 3. The van der Waals surface area contributed by atoms with Crippen molar-refractivity contribution in [2.24, 2.45) is 0 Å². The minimum absolute atomic E-state index is 0.641. The van der Waals surface area contributed by atoms with Crippen LogP contribution in [0, 0.1) is 11.3 Å². The molecule has 5 aromatic carbocycles. The summed E-state index contributed by atoms with van der Waals surface area (Å²) in [6.07, 6.45) is 0. The molecule has 3 nitrogen and oxygen atoms in total. The first-order valence-corrected chi connectivity index (χ1v) is 11.2. The van der Waals surface area contributed by atoms with Crippen molar-refractivity contribution in [2.75, 3.05) is 0 Å². The molecule has 2 aromatic heterocycles. The van der Waals surface area contributed by atoms with Crippen LogP contribution in [0.25, 0.3) is 66.1 Å². The normalized spacial score (nSPS) is 11.5. The van der Waals surface area contributed by atoms with Crippen LogP contribution in [0.3, 0.4) is 0 Å². The number of benzene rings is 5. The third-order valence-electron chi connectivity index (χ3n) is 6.54. The van der Waals surface area contributed by atoms with Gasteiger partial charge in [-0.05, 0) is 59.2 Å². The van der Waals surface area contributed by atoms with Crippen LogP contribution < -0.4 is 0 Å². The summed E-state index contributed by atoms with van der Waals surface area (Å²) in [7, 11) is 0. The van der Waals surface area contributed by atoms with Gasteiger partial charge in [0.1, 0.15) is 22.3 Å². The van der Waals surface area contributed by atoms with E-state index in [1.807, 2.05) is 66.7 Å². The van der Waals surface area contributed by atoms with Crippen molar-refractivity contribution in [1.82, 2.24) is 0 Å². The number of rotatable bonds is 2. The Hall–Kier alpha value is -4.81. The highest BCUT2D eigenvalue weighted by Gasteiger charge is 2.16. The molecule has 158 valence electrons. The van der Waals surface area contributed by atoms with E-state index in [-0.39, 0.29) is 0 Å². The van der Waals surface area contributed by atoms with Gasteiger partial charge in [0.2, 0.25) is 0 Å². The van der Waals surface area contributed by atoms with Crippen molar-refractivity contribution in [3.05, 3.63) is 109 Å². The molecule has 0 aliphatic carbocycles. The predicted molar refractivity (Wildman–Crippen MR) is 137 cm³/mol. The zero-order valence-electron chi connectivity index (χ0n) is 18.1. The fourth-order valence-corrected chi connectivity index (χ4v) is 4.97. The highest BCUT2D eigenvalue weighted by molar-refractivity contribution is 6.08. The molecule has 0 atom stereocenters. The fraction of sp³-hybridized carbons (Fsp3) is 0. The maximum absolute atomic E-state index is 9.99. The minimum atomic E-state index is 0.641. The van der Waals surface area contributed by atoms with E-state index in [4.69, 9.17) is 8.83 Å². The molecule has 0 amide bonds. The summed E-state index contributed by atoms with van der Waals surface area (Å²) in [6.45, 7) is 0. The Morgan fingerprint density at radius 3 is 1.71 bits per heavy atom. The van der Waals surface area contributed by atoms with Gasteiger partial charge < -0.3 is 8.83 Å². The van der Waals surface area contributed by atoms with Gasteiger partial charge in [0.05, 0.1) is 11.6 Å². The Morgan fingerprint density at radius 2 is 1.06 bits per heavy atom. The number of furan rings is 2. The molecule has 2 heterocycles. The van der Waals surface area contributed by atoms with E-state index in [0.29, 0.717) is 5.56 Å². The molecule has 7 rings (SSSR count). The largest absolute Gasteiger partial charge is 0.456 e. The van der Waals surface area contributed by atoms with E-state index in [2.05, 4.69) is 42.5 Å². The smallest absolute Gasteiger partial charge is 0.135 e. The minimum Gasteiger partial charge on any atom is -0.456 e. The monoisotopic (exact) mass is 435 g/mol. The van der Waals surface area contributed by atoms with Crippen LogP contribution in [0.5, 0.6) is 0 Å². The van der Waals surface area contributed by atoms with Crippen molar-refractivity contribution < 1.29 is 8.83 Å². The second-order valence-corrected chi connectivity index (χ2v) is 8.46. The Balaban J connectivity index is 1.50. The first kappa shape index (κ1) is 18.7. The molecule has 0 radical (unpaired) electrons. The van der Waals surface area contributed by atoms with E-state index in [1.165, 1.54) is 0 Å². The van der Waals surface area contributed by atoms with Crippen LogP contribution in [0.4, 0.5) is 0 Å². The molecule has 0 saturated carbocycles. The number of nitrogens with zero attached hydrogens (tertiary/aromatic N) is 1. The highest BCUT2D eigenvalue weighted by atomic mass is 16.3. The van der Waals surface area contributed by atoms with Crippen LogP contribution >= 0.6 is 0 Å². The topological polar surface area (TPSA) is 50.1 Å². The molecule has 0 aliphatic rings. The van der Waals surface area contributed by atoms with Crippen LogP contribution in [0.15, 0.2) is 112 Å². The maximum Gasteiger partial charge on any atom is 0.135 e. The number of para-hydroxylation sites is 2. The van der Waals surface area contributed by atoms with Gasteiger partial charge in [-0.25, -0.2) is 0 Å². The SMILES string of the molecule is N#Cc1cccc(-c2ccc3oc4ccccc4c3c2)c1-c1ccc2oc3ccccc3c2c1. The third-order valence-corrected chi connectivity index (χ3v) is 6.54. The Bertz CT molecular complexity index is 1930. The van der Waals surface area contributed by atoms with Gasteiger partial charge in [-0.3, -0.25) is 0 Å². The summed E-state index contributed by atoms with van der Waals surface area (Å²) in [6, 6.07) is 36.8. The van der Waals surface area contributed by atoms with Gasteiger partial charge in [-0.2, -0.15) is 5.26 Å². The molecule has 0 spiro atoms. The lowest BCUT2D eigenvalue weighted by Gasteiger charge is -2.12. The maximum atomic E-state index is 9.99. The number of nitriles is 1. The van der Waals surface area contributed by atoms with Crippen LogP contribution in [0.1, 0.15) is 5.56 Å². The Kier molecular flexibility index (Phi) is 3.91. The summed E-state index contributed by atoms with van der Waals surface area (Å²) >= 11 is 0. The van der Waals surface area contributed by atoms with Crippen molar-refractivity contribution in [1.29, 1.82) is 5.26 Å². The molecule has 7 aromatic rings. The van der Waals surface area contributed by atoms with E-state index < -0.39 is 0 Å². The molecular weight excluding hydrogens is 418 g/mol. The van der Waals surface area contributed by atoms with E-state index in [9.17, 15) is 5.26 Å². The van der Waals surface area contributed by atoms with Crippen LogP contribution in [-0.2, 0) is 0 Å². The van der Waals surface area contributed by atoms with Crippen LogP contribution in [-0.4, -0.2) is 0 Å². The van der Waals surface area contributed by atoms with Gasteiger partial charge in [-0.15, -0.1) is 0 Å². The first-order valence-electron chi connectivity index (χ1n) is 11.2. The molecule has 34 heavy (non-hydrogen) atoms. The number of fused-ring (bicyclic) bond motifs is 6. The molecule has 0 unspecified atom stereocenters. The fourth-order valence-electron chi connectivity index (χ4n) is 4.97. The molecule has 0 aliphatic heterocycles. The molecule has 0 saturated heterocycles. The molecule has 0 N–H and O–H groups in total. The zero-order chi connectivity index (χ0) is 22.6. The van der Waals surface area contributed by atoms with E-state index >= 15 is 0 Å². The van der Waals surface area contributed by atoms with Crippen molar-refractivity contribution in [3.8, 4) is 28.3 Å². The molecule has 0 bridgehead atoms. The van der Waals surface area contributed by atoms with Gasteiger partial charge in [-0.1, -0.05) is 60.7 Å². The average molecular weight is 435 g/mol. The van der Waals surface area contributed by atoms with Crippen LogP contribution in [0.2, 0.25) is 0 Å². The van der Waals surface area contributed by atoms with Gasteiger partial charge in [0.15, 0.2) is 0 Å². The molecular formula is C31H17NO2. The van der Waals surface area contributed by atoms with Gasteiger partial charge >= 0.3 is 0 Å². The van der Waals surface area contributed by atoms with Crippen molar-refractivity contribution >= 4 is 43.9 Å². The Labute approximate surface area is 195 Å². The highest BCUT2D eigenvalue weighted by Crippen LogP contribution is 2.40. The van der Waals surface area contributed by atoms with Crippen molar-refractivity contribution in [3.63, 3.8) is 0 Å². The lowest BCUT2D eigenvalue weighted by molar-refractivity contribution is 0.668. The zero-order valence-corrected chi connectivity index (χ0v) is 18.1. The van der Waals surface area contributed by atoms with E-state index in [1.54, 1.807) is 0 Å². The predicted octanol–water partition coefficient (Wildman–Crippen LogP) is 8.69. The number of hydrogen-bond donors (Lipinski definition) is 0. The average Bonchev–Trinajstić information content (AvgIpc) is 3.45. The summed E-state index contributed by atoms with van der Waals surface area (Å²) in [5.74, 6) is 0. The Morgan fingerprint density at radius 1 is 0.500 bits per heavy atom. The quantitative estimate of drug-likeness (QED) is 0.273. The lowest BCUT2D eigenvalue weighted by Crippen LogP contribution is -1.90. The summed E-state index contributed by atoms with van der Waals surface area (Å²) < 4.78 is 12.0. The first-order chi connectivity index (χ1) is 16.8. The van der Waals surface area contributed by atoms with E-state index in [0.717, 1.165) is 66.1 Å². The summed E-state index contributed by atoms with van der Waals surface area (Å²) in [4.78, 5) is 0. The second-order valence-electron chi connectivity index (χ2n) is 8.46. The van der Waals surface area contributed by atoms with Gasteiger partial charge in [0, 0.05) is 27.1 Å². The standard InChI is InChI=1S/C31H17NO2/c32-18-21-6-5-9-22(19-12-14-29-25(16-19)23-7-1-3-10-27(23)33-29)31(21)20-13-15-30-26(17-20)24-8-2-4-11-28(24)34-30/h1-17H. The third kappa shape index (κ3) is 2.69. The molecule has 0 fully saturated rings. The molecule has 3 heteroatoms. The lowest BCUT2D eigenvalue weighted by atomic mass is 9.89. The van der Waals surface area contributed by atoms with Gasteiger partial charge in [0.25, 0.3) is 0 Å². The summed E-state index contributed by atoms with van der Waals surface area (Å²) in [5, 5.41) is 14.3. The van der Waals surface area contributed by atoms with Crippen molar-refractivity contribution in [2.45, 2.75) is 0 Å². The summed E-state index contributed by atoms with van der Waals surface area (Å²) in [5.41, 5.74) is 8.04. The second kappa shape index (κ2) is 7.10.